The minimum absolute atomic E-state index is 0.145. The number of rotatable bonds is 5. The lowest BCUT2D eigenvalue weighted by molar-refractivity contribution is 0.0828. The Bertz CT molecular complexity index is 295. The molecule has 0 aliphatic rings. The minimum atomic E-state index is -0.581. The fourth-order valence-corrected chi connectivity index (χ4v) is 1.73. The van der Waals surface area contributed by atoms with Crippen molar-refractivity contribution < 1.29 is 9.84 Å². The molecule has 0 spiro atoms. The van der Waals surface area contributed by atoms with Crippen LogP contribution in [0.4, 0.5) is 0 Å². The molecule has 4 nitrogen and oxygen atoms in total. The van der Waals surface area contributed by atoms with Crippen molar-refractivity contribution in [3.63, 3.8) is 0 Å². The fraction of sp³-hybridized carbons (Fsp3) is 0.700. The van der Waals surface area contributed by atoms with E-state index in [1.807, 2.05) is 6.92 Å². The summed E-state index contributed by atoms with van der Waals surface area (Å²) in [5, 5.41) is 14.4. The van der Waals surface area contributed by atoms with Gasteiger partial charge in [-0.15, -0.1) is 0 Å². The number of aliphatic hydroxyl groups is 1. The number of hydrogen-bond donors (Lipinski definition) is 1. The summed E-state index contributed by atoms with van der Waals surface area (Å²) in [6.45, 7) is 1.97. The molecule has 0 amide bonds. The highest BCUT2D eigenvalue weighted by molar-refractivity contribution is 6.31. The molecular weight excluding hydrogens is 216 g/mol. The number of halogens is 1. The highest BCUT2D eigenvalue weighted by Gasteiger charge is 2.17. The summed E-state index contributed by atoms with van der Waals surface area (Å²) < 4.78 is 6.71. The van der Waals surface area contributed by atoms with E-state index in [4.69, 9.17) is 16.3 Å². The zero-order valence-corrected chi connectivity index (χ0v) is 10.0. The topological polar surface area (TPSA) is 47.3 Å². The summed E-state index contributed by atoms with van der Waals surface area (Å²) in [4.78, 5) is 0. The van der Waals surface area contributed by atoms with Gasteiger partial charge in [0.25, 0.3) is 0 Å². The smallest absolute Gasteiger partial charge is 0.0972 e. The molecule has 1 aromatic rings. The number of nitrogens with zero attached hydrogens (tertiary/aromatic N) is 2. The van der Waals surface area contributed by atoms with E-state index in [1.54, 1.807) is 25.0 Å². The van der Waals surface area contributed by atoms with Gasteiger partial charge in [0.05, 0.1) is 29.1 Å². The van der Waals surface area contributed by atoms with Crippen molar-refractivity contribution in [2.24, 2.45) is 7.05 Å². The SMILES string of the molecule is COC(C)CCC(O)c1c(Cl)cnn1C. The summed E-state index contributed by atoms with van der Waals surface area (Å²) >= 11 is 5.91. The molecule has 1 N–H and O–H groups in total. The third kappa shape index (κ3) is 3.19. The lowest BCUT2D eigenvalue weighted by Crippen LogP contribution is -2.10. The Labute approximate surface area is 94.8 Å². The third-order valence-corrected chi connectivity index (χ3v) is 2.79. The van der Waals surface area contributed by atoms with Crippen molar-refractivity contribution in [3.05, 3.63) is 16.9 Å². The molecule has 15 heavy (non-hydrogen) atoms. The van der Waals surface area contributed by atoms with Crippen LogP contribution in [0.1, 0.15) is 31.6 Å². The molecule has 0 saturated heterocycles. The lowest BCUT2D eigenvalue weighted by Gasteiger charge is -2.14. The van der Waals surface area contributed by atoms with Gasteiger partial charge in [-0.2, -0.15) is 5.10 Å². The number of aryl methyl sites for hydroxylation is 1. The van der Waals surface area contributed by atoms with E-state index < -0.39 is 6.10 Å². The zero-order valence-electron chi connectivity index (χ0n) is 9.27. The Kier molecular flexibility index (Phi) is 4.57. The standard InChI is InChI=1S/C10H17ClN2O2/c1-7(15-3)4-5-9(14)10-8(11)6-12-13(10)2/h6-7,9,14H,4-5H2,1-3H3. The number of hydrogen-bond acceptors (Lipinski definition) is 3. The molecule has 5 heteroatoms. The van der Waals surface area contributed by atoms with Crippen LogP contribution in [0.5, 0.6) is 0 Å². The Hall–Kier alpha value is -0.580. The summed E-state index contributed by atoms with van der Waals surface area (Å²) in [6, 6.07) is 0. The Morgan fingerprint density at radius 3 is 2.73 bits per heavy atom. The largest absolute Gasteiger partial charge is 0.387 e. The number of ether oxygens (including phenoxy) is 1. The van der Waals surface area contributed by atoms with E-state index in [0.29, 0.717) is 17.1 Å². The first-order valence-electron chi connectivity index (χ1n) is 4.94. The molecule has 1 rings (SSSR count). The predicted molar refractivity (Wildman–Crippen MR) is 58.9 cm³/mol. The van der Waals surface area contributed by atoms with Crippen molar-refractivity contribution in [1.29, 1.82) is 0 Å². The summed E-state index contributed by atoms with van der Waals surface area (Å²) in [7, 11) is 3.43. The van der Waals surface area contributed by atoms with Crippen LogP contribution >= 0.6 is 11.6 Å². The van der Waals surface area contributed by atoms with Crippen LogP contribution in [0.15, 0.2) is 6.20 Å². The lowest BCUT2D eigenvalue weighted by atomic mass is 10.1. The van der Waals surface area contributed by atoms with Gasteiger partial charge in [0, 0.05) is 14.2 Å². The quantitative estimate of drug-likeness (QED) is 0.844. The highest BCUT2D eigenvalue weighted by Crippen LogP contribution is 2.25. The average Bonchev–Trinajstić information content (AvgIpc) is 2.54. The second-order valence-electron chi connectivity index (χ2n) is 3.64. The van der Waals surface area contributed by atoms with E-state index in [-0.39, 0.29) is 6.10 Å². The van der Waals surface area contributed by atoms with Gasteiger partial charge in [-0.3, -0.25) is 4.68 Å². The van der Waals surface area contributed by atoms with Crippen LogP contribution in [0.3, 0.4) is 0 Å². The molecule has 0 aromatic carbocycles. The number of aliphatic hydroxyl groups excluding tert-OH is 1. The van der Waals surface area contributed by atoms with Gasteiger partial charge >= 0.3 is 0 Å². The normalized spacial score (nSPS) is 15.3. The van der Waals surface area contributed by atoms with Crippen LogP contribution in [0, 0.1) is 0 Å². The van der Waals surface area contributed by atoms with Crippen LogP contribution in [0.2, 0.25) is 5.02 Å². The van der Waals surface area contributed by atoms with Gasteiger partial charge < -0.3 is 9.84 Å². The predicted octanol–water partition coefficient (Wildman–Crippen LogP) is 1.92. The second-order valence-corrected chi connectivity index (χ2v) is 4.05. The Balaban J connectivity index is 2.57. The minimum Gasteiger partial charge on any atom is -0.387 e. The van der Waals surface area contributed by atoms with Gasteiger partial charge in [0.15, 0.2) is 0 Å². The molecule has 2 unspecified atom stereocenters. The van der Waals surface area contributed by atoms with Gasteiger partial charge in [0.2, 0.25) is 0 Å². The molecule has 86 valence electrons. The number of aromatic nitrogens is 2. The molecule has 0 aliphatic carbocycles. The van der Waals surface area contributed by atoms with Gasteiger partial charge in [-0.05, 0) is 19.8 Å². The van der Waals surface area contributed by atoms with Crippen LogP contribution in [-0.2, 0) is 11.8 Å². The maximum atomic E-state index is 9.91. The van der Waals surface area contributed by atoms with Crippen molar-refractivity contribution in [2.45, 2.75) is 32.0 Å². The third-order valence-electron chi connectivity index (χ3n) is 2.50. The Morgan fingerprint density at radius 2 is 2.27 bits per heavy atom. The Morgan fingerprint density at radius 1 is 1.60 bits per heavy atom. The molecule has 2 atom stereocenters. The summed E-state index contributed by atoms with van der Waals surface area (Å²) in [5.74, 6) is 0. The van der Waals surface area contributed by atoms with E-state index in [1.165, 1.54) is 0 Å². The molecule has 0 bridgehead atoms. The van der Waals surface area contributed by atoms with Gasteiger partial charge in [0.1, 0.15) is 0 Å². The van der Waals surface area contributed by atoms with Crippen molar-refractivity contribution >= 4 is 11.6 Å². The van der Waals surface area contributed by atoms with E-state index >= 15 is 0 Å². The highest BCUT2D eigenvalue weighted by atomic mass is 35.5. The maximum Gasteiger partial charge on any atom is 0.0972 e. The van der Waals surface area contributed by atoms with Gasteiger partial charge in [-0.1, -0.05) is 11.6 Å². The molecule has 0 aliphatic heterocycles. The van der Waals surface area contributed by atoms with Crippen LogP contribution in [0.25, 0.3) is 0 Å². The monoisotopic (exact) mass is 232 g/mol. The molecule has 1 aromatic heterocycles. The molecule has 1 heterocycles. The molecule has 0 radical (unpaired) electrons. The van der Waals surface area contributed by atoms with Crippen molar-refractivity contribution in [2.75, 3.05) is 7.11 Å². The van der Waals surface area contributed by atoms with Crippen molar-refractivity contribution in [1.82, 2.24) is 9.78 Å². The first-order chi connectivity index (χ1) is 7.06. The number of methoxy groups -OCH3 is 1. The first-order valence-corrected chi connectivity index (χ1v) is 5.32. The summed E-state index contributed by atoms with van der Waals surface area (Å²) in [5.41, 5.74) is 0.667. The van der Waals surface area contributed by atoms with E-state index in [0.717, 1.165) is 6.42 Å². The van der Waals surface area contributed by atoms with Crippen LogP contribution in [-0.4, -0.2) is 28.1 Å². The van der Waals surface area contributed by atoms with Crippen LogP contribution < -0.4 is 0 Å². The zero-order chi connectivity index (χ0) is 11.4. The molecular formula is C10H17ClN2O2. The van der Waals surface area contributed by atoms with Crippen molar-refractivity contribution in [3.8, 4) is 0 Å². The average molecular weight is 233 g/mol. The maximum absolute atomic E-state index is 9.91. The van der Waals surface area contributed by atoms with E-state index in [2.05, 4.69) is 5.10 Å². The molecule has 0 saturated carbocycles. The molecule has 0 fully saturated rings. The first kappa shape index (κ1) is 12.5. The fourth-order valence-electron chi connectivity index (χ4n) is 1.44. The summed E-state index contributed by atoms with van der Waals surface area (Å²) in [6.07, 6.45) is 2.52. The van der Waals surface area contributed by atoms with E-state index in [9.17, 15) is 5.11 Å². The van der Waals surface area contributed by atoms with Gasteiger partial charge in [-0.25, -0.2) is 0 Å². The second kappa shape index (κ2) is 5.49.